The van der Waals surface area contributed by atoms with Crippen LogP contribution in [0.5, 0.6) is 5.75 Å². The fourth-order valence-electron chi connectivity index (χ4n) is 5.06. The fourth-order valence-corrected chi connectivity index (χ4v) is 5.06. The van der Waals surface area contributed by atoms with Gasteiger partial charge in [-0.05, 0) is 36.0 Å². The predicted molar refractivity (Wildman–Crippen MR) is 118 cm³/mol. The fraction of sp³-hybridized carbons (Fsp3) is 0.458. The number of nitrogens with zero attached hydrogens (tertiary/aromatic N) is 1. The number of Topliss-reactive ketones (excluding diaryl/α,β-unsaturated/α-hetero) is 1. The summed E-state index contributed by atoms with van der Waals surface area (Å²) in [4.78, 5) is 42.4. The summed E-state index contributed by atoms with van der Waals surface area (Å²) in [5.74, 6) is -2.50. The molecule has 1 atom stereocenters. The third kappa shape index (κ3) is 3.65. The third-order valence-corrected chi connectivity index (χ3v) is 6.49. The smallest absolute Gasteiger partial charge is 0.425 e. The van der Waals surface area contributed by atoms with E-state index in [1.807, 2.05) is 11.4 Å². The molecule has 0 saturated heterocycles. The molecule has 1 aliphatic carbocycles. The molecule has 34 heavy (non-hydrogen) atoms. The number of allylic oxidation sites excluding steroid dienone is 1. The largest absolute Gasteiger partial charge is 0.497 e. The number of H-pyrrole nitrogens is 1. The lowest BCUT2D eigenvalue weighted by Gasteiger charge is -2.35. The number of alkyl halides is 3. The van der Waals surface area contributed by atoms with Gasteiger partial charge in [-0.1, -0.05) is 13.8 Å². The van der Waals surface area contributed by atoms with E-state index in [2.05, 4.69) is 4.98 Å². The van der Waals surface area contributed by atoms with Crippen molar-refractivity contribution in [2.75, 3.05) is 13.7 Å². The number of amides is 2. The second-order valence-electron chi connectivity index (χ2n) is 9.62. The number of carbonyl (C=O) groups excluding carboxylic acids is 3. The molecule has 10 heteroatoms. The van der Waals surface area contributed by atoms with Gasteiger partial charge >= 0.3 is 6.18 Å². The van der Waals surface area contributed by atoms with Gasteiger partial charge in [-0.3, -0.25) is 14.4 Å². The van der Waals surface area contributed by atoms with Crippen LogP contribution in [-0.2, 0) is 20.8 Å². The summed E-state index contributed by atoms with van der Waals surface area (Å²) in [7, 11) is 1.55. The number of fused-ring (bicyclic) bond motifs is 1. The van der Waals surface area contributed by atoms with Gasteiger partial charge in [-0.25, -0.2) is 0 Å². The summed E-state index contributed by atoms with van der Waals surface area (Å²) in [6.45, 7) is 4.38. The van der Waals surface area contributed by atoms with Gasteiger partial charge in [0.25, 0.3) is 5.91 Å². The van der Waals surface area contributed by atoms with Crippen LogP contribution in [0.15, 0.2) is 35.7 Å². The van der Waals surface area contributed by atoms with E-state index in [0.29, 0.717) is 5.75 Å². The van der Waals surface area contributed by atoms with E-state index in [1.165, 1.54) is 0 Å². The molecule has 7 nitrogen and oxygen atoms in total. The molecule has 0 unspecified atom stereocenters. The number of aromatic nitrogens is 1. The van der Waals surface area contributed by atoms with E-state index in [1.54, 1.807) is 39.3 Å². The van der Waals surface area contributed by atoms with Crippen LogP contribution in [0.3, 0.4) is 0 Å². The standard InChI is InChI=1S/C24H26F3N3O4/c1-13(31)29-23(24(25,26)27)20-18(10-22(2,3)11-19(20)32)30(21(23)33)8-7-14-12-28-17-9-15(34-4)5-6-16(14)17/h5-6,9,12,28H,7-8,10-11H2,1-4H3,(H,29,31)/t23-/m1/s1. The molecule has 2 heterocycles. The number of hydrogen-bond acceptors (Lipinski definition) is 4. The van der Waals surface area contributed by atoms with Gasteiger partial charge in [0, 0.05) is 48.8 Å². The Bertz CT molecular complexity index is 1230. The summed E-state index contributed by atoms with van der Waals surface area (Å²) in [5, 5.41) is 2.67. The highest BCUT2D eigenvalue weighted by atomic mass is 19.4. The molecular weight excluding hydrogens is 451 g/mol. The van der Waals surface area contributed by atoms with Gasteiger partial charge in [0.2, 0.25) is 11.4 Å². The Morgan fingerprint density at radius 3 is 2.56 bits per heavy atom. The lowest BCUT2D eigenvalue weighted by atomic mass is 9.72. The Hall–Kier alpha value is -3.30. The minimum absolute atomic E-state index is 0.0406. The average Bonchev–Trinajstić information content (AvgIpc) is 3.22. The van der Waals surface area contributed by atoms with Crippen molar-refractivity contribution >= 4 is 28.5 Å². The number of aromatic amines is 1. The van der Waals surface area contributed by atoms with Crippen molar-refractivity contribution in [1.29, 1.82) is 0 Å². The summed E-state index contributed by atoms with van der Waals surface area (Å²) >= 11 is 0. The van der Waals surface area contributed by atoms with Gasteiger partial charge in [-0.15, -0.1) is 0 Å². The van der Waals surface area contributed by atoms with Crippen molar-refractivity contribution in [2.45, 2.75) is 51.7 Å². The van der Waals surface area contributed by atoms with Gasteiger partial charge in [0.15, 0.2) is 5.78 Å². The second-order valence-corrected chi connectivity index (χ2v) is 9.62. The molecule has 0 radical (unpaired) electrons. The summed E-state index contributed by atoms with van der Waals surface area (Å²) in [6, 6.07) is 5.41. The van der Waals surface area contributed by atoms with E-state index < -0.39 is 40.3 Å². The number of benzene rings is 1. The normalized spacial score (nSPS) is 22.4. The molecule has 1 aromatic carbocycles. The highest BCUT2D eigenvalue weighted by molar-refractivity contribution is 6.13. The van der Waals surface area contributed by atoms with Crippen LogP contribution in [0.2, 0.25) is 0 Å². The number of ketones is 1. The molecule has 4 rings (SSSR count). The molecule has 2 aliphatic rings. The lowest BCUT2D eigenvalue weighted by Crippen LogP contribution is -2.66. The SMILES string of the molecule is COc1ccc2c(CCN3C(=O)[C@@](NC(C)=O)(C(F)(F)F)C4=C3CC(C)(C)CC4=O)c[nH]c2c1. The van der Waals surface area contributed by atoms with Gasteiger partial charge < -0.3 is 19.9 Å². The number of ether oxygens (including phenoxy) is 1. The highest BCUT2D eigenvalue weighted by Gasteiger charge is 2.71. The van der Waals surface area contributed by atoms with E-state index >= 15 is 0 Å². The van der Waals surface area contributed by atoms with Crippen LogP contribution >= 0.6 is 0 Å². The minimum atomic E-state index is -5.18. The first kappa shape index (κ1) is 23.8. The Morgan fingerprint density at radius 1 is 1.24 bits per heavy atom. The average molecular weight is 477 g/mol. The predicted octanol–water partition coefficient (Wildman–Crippen LogP) is 3.64. The molecule has 182 valence electrons. The van der Waals surface area contributed by atoms with Crippen molar-refractivity contribution in [3.8, 4) is 5.75 Å². The van der Waals surface area contributed by atoms with Crippen LogP contribution in [0.1, 0.15) is 39.2 Å². The van der Waals surface area contributed by atoms with E-state index in [9.17, 15) is 27.6 Å². The number of rotatable bonds is 5. The molecule has 0 bridgehead atoms. The molecule has 2 amide bonds. The molecule has 0 fully saturated rings. The second kappa shape index (κ2) is 7.89. The van der Waals surface area contributed by atoms with Crippen molar-refractivity contribution in [3.63, 3.8) is 0 Å². The van der Waals surface area contributed by atoms with Crippen molar-refractivity contribution < 1.29 is 32.3 Å². The lowest BCUT2D eigenvalue weighted by molar-refractivity contribution is -0.194. The number of nitrogens with one attached hydrogen (secondary N) is 2. The highest BCUT2D eigenvalue weighted by Crippen LogP contribution is 2.51. The monoisotopic (exact) mass is 477 g/mol. The third-order valence-electron chi connectivity index (χ3n) is 6.49. The first-order valence-electron chi connectivity index (χ1n) is 10.9. The summed E-state index contributed by atoms with van der Waals surface area (Å²) in [6.07, 6.45) is -3.23. The molecule has 2 aromatic rings. The summed E-state index contributed by atoms with van der Waals surface area (Å²) < 4.78 is 48.6. The number of hydrogen-bond donors (Lipinski definition) is 2. The maximum atomic E-state index is 14.5. The van der Waals surface area contributed by atoms with Crippen LogP contribution < -0.4 is 10.1 Å². The molecule has 0 saturated carbocycles. The number of halogens is 3. The molecule has 1 aliphatic heterocycles. The maximum Gasteiger partial charge on any atom is 0.425 e. The minimum Gasteiger partial charge on any atom is -0.497 e. The van der Waals surface area contributed by atoms with Gasteiger partial charge in [0.1, 0.15) is 5.75 Å². The molecule has 2 N–H and O–H groups in total. The Kier molecular flexibility index (Phi) is 5.53. The first-order valence-corrected chi connectivity index (χ1v) is 10.9. The summed E-state index contributed by atoms with van der Waals surface area (Å²) in [5.41, 5.74) is -3.00. The quantitative estimate of drug-likeness (QED) is 0.688. The zero-order chi connectivity index (χ0) is 25.1. The molecular formula is C24H26F3N3O4. The van der Waals surface area contributed by atoms with Crippen LogP contribution in [0, 0.1) is 5.41 Å². The van der Waals surface area contributed by atoms with Crippen LogP contribution in [0.4, 0.5) is 13.2 Å². The maximum absolute atomic E-state index is 14.5. The Labute approximate surface area is 194 Å². The molecule has 1 aromatic heterocycles. The Morgan fingerprint density at radius 2 is 1.94 bits per heavy atom. The van der Waals surface area contributed by atoms with Crippen molar-refractivity contribution in [1.82, 2.24) is 15.2 Å². The van der Waals surface area contributed by atoms with Crippen LogP contribution in [0.25, 0.3) is 10.9 Å². The molecule has 0 spiro atoms. The van der Waals surface area contributed by atoms with Gasteiger partial charge in [0.05, 0.1) is 12.7 Å². The number of methoxy groups -OCH3 is 1. The number of carbonyl (C=O) groups is 3. The van der Waals surface area contributed by atoms with Crippen LogP contribution in [-0.4, -0.2) is 52.9 Å². The van der Waals surface area contributed by atoms with Crippen molar-refractivity contribution in [2.24, 2.45) is 5.41 Å². The van der Waals surface area contributed by atoms with Gasteiger partial charge in [-0.2, -0.15) is 13.2 Å². The van der Waals surface area contributed by atoms with E-state index in [4.69, 9.17) is 4.74 Å². The zero-order valence-corrected chi connectivity index (χ0v) is 19.4. The van der Waals surface area contributed by atoms with E-state index in [-0.39, 0.29) is 31.5 Å². The zero-order valence-electron chi connectivity index (χ0n) is 19.4. The van der Waals surface area contributed by atoms with Crippen molar-refractivity contribution in [3.05, 3.63) is 41.2 Å². The van der Waals surface area contributed by atoms with E-state index in [0.717, 1.165) is 28.3 Å². The topological polar surface area (TPSA) is 91.5 Å². The first-order chi connectivity index (χ1) is 15.8. The Balaban J connectivity index is 1.76.